The first-order chi connectivity index (χ1) is 9.83. The molecule has 0 aromatic heterocycles. The highest BCUT2D eigenvalue weighted by Crippen LogP contribution is 2.13. The molecule has 0 spiro atoms. The van der Waals surface area contributed by atoms with Gasteiger partial charge in [0.25, 0.3) is 0 Å². The minimum Gasteiger partial charge on any atom is -0.481 e. The number of aliphatic carboxylic acids is 1. The van der Waals surface area contributed by atoms with Crippen LogP contribution in [0, 0.1) is 11.6 Å². The molecule has 1 aromatic carbocycles. The van der Waals surface area contributed by atoms with Gasteiger partial charge in [-0.05, 0) is 25.6 Å². The molecule has 0 aliphatic carbocycles. The maximum absolute atomic E-state index is 13.0. The molecule has 0 saturated carbocycles. The van der Waals surface area contributed by atoms with Gasteiger partial charge in [-0.15, -0.1) is 0 Å². The van der Waals surface area contributed by atoms with Crippen LogP contribution in [0.25, 0.3) is 0 Å². The topological polar surface area (TPSA) is 69.6 Å². The Bertz CT molecular complexity index is 523. The highest BCUT2D eigenvalue weighted by molar-refractivity contribution is 5.92. The maximum atomic E-state index is 13.0. The molecular weight excluding hydrogens is 282 g/mol. The largest absolute Gasteiger partial charge is 0.481 e. The van der Waals surface area contributed by atoms with Crippen LogP contribution in [0.4, 0.5) is 14.5 Å². The van der Waals surface area contributed by atoms with Crippen LogP contribution in [0.1, 0.15) is 20.3 Å². The fourth-order valence-electron chi connectivity index (χ4n) is 1.92. The molecule has 0 bridgehead atoms. The third-order valence-corrected chi connectivity index (χ3v) is 3.05. The van der Waals surface area contributed by atoms with Crippen LogP contribution in [-0.4, -0.2) is 41.0 Å². The summed E-state index contributed by atoms with van der Waals surface area (Å²) in [7, 11) is 0. The molecule has 2 N–H and O–H groups in total. The van der Waals surface area contributed by atoms with E-state index in [4.69, 9.17) is 5.11 Å². The zero-order valence-corrected chi connectivity index (χ0v) is 11.9. The van der Waals surface area contributed by atoms with E-state index in [-0.39, 0.29) is 24.7 Å². The van der Waals surface area contributed by atoms with Crippen molar-refractivity contribution in [1.82, 2.24) is 4.90 Å². The number of anilines is 1. The van der Waals surface area contributed by atoms with Crippen LogP contribution in [-0.2, 0) is 9.59 Å². The van der Waals surface area contributed by atoms with Gasteiger partial charge in [-0.2, -0.15) is 0 Å². The number of halogens is 2. The summed E-state index contributed by atoms with van der Waals surface area (Å²) in [6, 6.07) is 2.77. The number of amides is 1. The Kier molecular flexibility index (Phi) is 6.23. The van der Waals surface area contributed by atoms with Gasteiger partial charge in [0.2, 0.25) is 5.91 Å². The molecule has 1 rings (SSSR count). The Hall–Kier alpha value is -2.02. The highest BCUT2D eigenvalue weighted by atomic mass is 19.2. The zero-order valence-electron chi connectivity index (χ0n) is 11.9. The maximum Gasteiger partial charge on any atom is 0.304 e. The molecule has 0 saturated heterocycles. The van der Waals surface area contributed by atoms with E-state index in [2.05, 4.69) is 5.32 Å². The van der Waals surface area contributed by atoms with E-state index in [9.17, 15) is 18.4 Å². The Balaban J connectivity index is 2.62. The Morgan fingerprint density at radius 3 is 2.52 bits per heavy atom. The zero-order chi connectivity index (χ0) is 16.0. The van der Waals surface area contributed by atoms with Crippen molar-refractivity contribution >= 4 is 17.6 Å². The second-order valence-electron chi connectivity index (χ2n) is 4.69. The van der Waals surface area contributed by atoms with Crippen molar-refractivity contribution in [2.75, 3.05) is 18.4 Å². The molecule has 0 radical (unpaired) electrons. The molecule has 116 valence electrons. The average molecular weight is 300 g/mol. The molecule has 0 aliphatic heterocycles. The summed E-state index contributed by atoms with van der Waals surface area (Å²) in [6.07, 6.45) is -0.0771. The summed E-state index contributed by atoms with van der Waals surface area (Å²) in [4.78, 5) is 24.2. The molecule has 5 nitrogen and oxygen atoms in total. The number of carbonyl (C=O) groups excluding carboxylic acids is 1. The van der Waals surface area contributed by atoms with Crippen LogP contribution in [0.15, 0.2) is 18.2 Å². The monoisotopic (exact) mass is 300 g/mol. The molecule has 0 heterocycles. The minimum atomic E-state index is -1.04. The van der Waals surface area contributed by atoms with Crippen LogP contribution < -0.4 is 5.32 Å². The van der Waals surface area contributed by atoms with Gasteiger partial charge in [0.15, 0.2) is 11.6 Å². The summed E-state index contributed by atoms with van der Waals surface area (Å²) in [5.41, 5.74) is 0.154. The van der Waals surface area contributed by atoms with E-state index >= 15 is 0 Å². The number of carbonyl (C=O) groups is 2. The lowest BCUT2D eigenvalue weighted by Gasteiger charge is -2.25. The van der Waals surface area contributed by atoms with Crippen molar-refractivity contribution in [3.63, 3.8) is 0 Å². The first kappa shape index (κ1) is 17.0. The SMILES string of the molecule is CCN(CC(=O)Nc1ccc(F)c(F)c1)C(C)CC(=O)O. The normalized spacial score (nSPS) is 12.2. The van der Waals surface area contributed by atoms with E-state index in [1.54, 1.807) is 11.8 Å². The van der Waals surface area contributed by atoms with E-state index in [1.165, 1.54) is 6.07 Å². The lowest BCUT2D eigenvalue weighted by atomic mass is 10.2. The van der Waals surface area contributed by atoms with Gasteiger partial charge in [-0.3, -0.25) is 14.5 Å². The molecule has 1 unspecified atom stereocenters. The van der Waals surface area contributed by atoms with Crippen molar-refractivity contribution in [3.8, 4) is 0 Å². The number of carboxylic acids is 1. The average Bonchev–Trinajstić information content (AvgIpc) is 2.39. The summed E-state index contributed by atoms with van der Waals surface area (Å²) in [6.45, 7) is 4.00. The fraction of sp³-hybridized carbons (Fsp3) is 0.429. The van der Waals surface area contributed by atoms with Crippen molar-refractivity contribution in [2.45, 2.75) is 26.3 Å². The molecule has 1 amide bonds. The lowest BCUT2D eigenvalue weighted by molar-refractivity contribution is -0.138. The van der Waals surface area contributed by atoms with Gasteiger partial charge in [0, 0.05) is 17.8 Å². The predicted molar refractivity (Wildman–Crippen MR) is 73.9 cm³/mol. The third-order valence-electron chi connectivity index (χ3n) is 3.05. The van der Waals surface area contributed by atoms with Crippen LogP contribution in [0.5, 0.6) is 0 Å². The molecule has 1 aromatic rings. The number of rotatable bonds is 7. The van der Waals surface area contributed by atoms with E-state index in [0.29, 0.717) is 6.54 Å². The second-order valence-corrected chi connectivity index (χ2v) is 4.69. The van der Waals surface area contributed by atoms with E-state index in [1.807, 2.05) is 6.92 Å². The quantitative estimate of drug-likeness (QED) is 0.809. The van der Waals surface area contributed by atoms with Gasteiger partial charge in [-0.25, -0.2) is 8.78 Å². The number of nitrogens with one attached hydrogen (secondary N) is 1. The van der Waals surface area contributed by atoms with Crippen molar-refractivity contribution in [2.24, 2.45) is 0 Å². The van der Waals surface area contributed by atoms with Gasteiger partial charge in [-0.1, -0.05) is 6.92 Å². The summed E-state index contributed by atoms with van der Waals surface area (Å²) >= 11 is 0. The number of benzene rings is 1. The number of hydrogen-bond donors (Lipinski definition) is 2. The van der Waals surface area contributed by atoms with Crippen molar-refractivity contribution in [1.29, 1.82) is 0 Å². The number of likely N-dealkylation sites (N-methyl/N-ethyl adjacent to an activating group) is 1. The standard InChI is InChI=1S/C14H18F2N2O3/c1-3-18(9(2)6-14(20)21)8-13(19)17-10-4-5-11(15)12(16)7-10/h4-5,7,9H,3,6,8H2,1-2H3,(H,17,19)(H,20,21). The van der Waals surface area contributed by atoms with Crippen LogP contribution in [0.2, 0.25) is 0 Å². The number of carboxylic acid groups (broad SMARTS) is 1. The van der Waals surface area contributed by atoms with Gasteiger partial charge in [0.05, 0.1) is 13.0 Å². The highest BCUT2D eigenvalue weighted by Gasteiger charge is 2.18. The van der Waals surface area contributed by atoms with Crippen LogP contribution >= 0.6 is 0 Å². The van der Waals surface area contributed by atoms with Crippen LogP contribution in [0.3, 0.4) is 0 Å². The smallest absolute Gasteiger partial charge is 0.304 e. The van der Waals surface area contributed by atoms with Gasteiger partial charge in [0.1, 0.15) is 0 Å². The second kappa shape index (κ2) is 7.68. The Labute approximate surface area is 121 Å². The molecule has 1 atom stereocenters. The Morgan fingerprint density at radius 1 is 1.33 bits per heavy atom. The molecule has 0 fully saturated rings. The van der Waals surface area contributed by atoms with Crippen molar-refractivity contribution in [3.05, 3.63) is 29.8 Å². The predicted octanol–water partition coefficient (Wildman–Crippen LogP) is 2.09. The molecule has 21 heavy (non-hydrogen) atoms. The Morgan fingerprint density at radius 2 is 2.00 bits per heavy atom. The first-order valence-corrected chi connectivity index (χ1v) is 6.54. The molecule has 7 heteroatoms. The number of hydrogen-bond acceptors (Lipinski definition) is 3. The number of nitrogens with zero attached hydrogens (tertiary/aromatic N) is 1. The van der Waals surface area contributed by atoms with E-state index < -0.39 is 23.5 Å². The van der Waals surface area contributed by atoms with Gasteiger partial charge < -0.3 is 10.4 Å². The fourth-order valence-corrected chi connectivity index (χ4v) is 1.92. The van der Waals surface area contributed by atoms with Gasteiger partial charge >= 0.3 is 5.97 Å². The van der Waals surface area contributed by atoms with E-state index in [0.717, 1.165) is 12.1 Å². The third kappa shape index (κ3) is 5.47. The summed E-state index contributed by atoms with van der Waals surface area (Å²) in [5.74, 6) is -3.39. The summed E-state index contributed by atoms with van der Waals surface area (Å²) in [5, 5.41) is 11.2. The van der Waals surface area contributed by atoms with Crippen molar-refractivity contribution < 1.29 is 23.5 Å². The minimum absolute atomic E-state index is 0.0239. The molecular formula is C14H18F2N2O3. The lowest BCUT2D eigenvalue weighted by Crippen LogP contribution is -2.40. The molecule has 0 aliphatic rings. The summed E-state index contributed by atoms with van der Waals surface area (Å²) < 4.78 is 25.8. The first-order valence-electron chi connectivity index (χ1n) is 6.54.